The highest BCUT2D eigenvalue weighted by molar-refractivity contribution is 5.78. The van der Waals surface area contributed by atoms with Crippen molar-refractivity contribution in [3.05, 3.63) is 49.1 Å². The third kappa shape index (κ3) is 2.89. The fourth-order valence-corrected chi connectivity index (χ4v) is 2.51. The highest BCUT2D eigenvalue weighted by Gasteiger charge is 2.14. The molecule has 0 spiro atoms. The minimum atomic E-state index is 0.606. The summed E-state index contributed by atoms with van der Waals surface area (Å²) < 4.78 is 3.99. The van der Waals surface area contributed by atoms with E-state index >= 15 is 0 Å². The Morgan fingerprint density at radius 3 is 2.57 bits per heavy atom. The van der Waals surface area contributed by atoms with Crippen molar-refractivity contribution < 1.29 is 0 Å². The van der Waals surface area contributed by atoms with Crippen LogP contribution in [0.15, 0.2) is 49.1 Å². The average molecular weight is 280 g/mol. The van der Waals surface area contributed by atoms with Gasteiger partial charge in [-0.1, -0.05) is 44.2 Å². The van der Waals surface area contributed by atoms with Crippen LogP contribution in [0.2, 0.25) is 0 Å². The summed E-state index contributed by atoms with van der Waals surface area (Å²) in [6.07, 6.45) is 6.03. The SMILES string of the molecule is CC(C)Cn1cnc(-c2cn(C)nc2-c2ccccc2)c1. The summed E-state index contributed by atoms with van der Waals surface area (Å²) >= 11 is 0. The smallest absolute Gasteiger partial charge is 0.102 e. The van der Waals surface area contributed by atoms with E-state index < -0.39 is 0 Å². The standard InChI is InChI=1S/C17H20N4/c1-13(2)9-21-11-16(18-12-21)15-10-20(3)19-17(15)14-7-5-4-6-8-14/h4-8,10-13H,9H2,1-3H3. The Hall–Kier alpha value is -2.36. The molecule has 4 heteroatoms. The monoisotopic (exact) mass is 280 g/mol. The fourth-order valence-electron chi connectivity index (χ4n) is 2.51. The van der Waals surface area contributed by atoms with E-state index in [0.29, 0.717) is 5.92 Å². The van der Waals surface area contributed by atoms with Crippen LogP contribution in [0.25, 0.3) is 22.5 Å². The molecule has 0 N–H and O–H groups in total. The quantitative estimate of drug-likeness (QED) is 0.732. The molecule has 3 rings (SSSR count). The van der Waals surface area contributed by atoms with Gasteiger partial charge in [0.15, 0.2) is 0 Å². The van der Waals surface area contributed by atoms with E-state index in [4.69, 9.17) is 0 Å². The van der Waals surface area contributed by atoms with E-state index in [9.17, 15) is 0 Å². The van der Waals surface area contributed by atoms with Crippen LogP contribution in [0.4, 0.5) is 0 Å². The molecule has 0 saturated carbocycles. The third-order valence-electron chi connectivity index (χ3n) is 3.36. The predicted octanol–water partition coefficient (Wildman–Crippen LogP) is 3.61. The first kappa shape index (κ1) is 13.6. The molecule has 0 atom stereocenters. The number of imidazole rings is 1. The number of aryl methyl sites for hydroxylation is 1. The molecule has 2 aromatic heterocycles. The van der Waals surface area contributed by atoms with E-state index in [1.54, 1.807) is 0 Å². The molecule has 0 aliphatic heterocycles. The van der Waals surface area contributed by atoms with Gasteiger partial charge in [0.05, 0.1) is 12.0 Å². The lowest BCUT2D eigenvalue weighted by molar-refractivity contribution is 0.523. The molecular weight excluding hydrogens is 260 g/mol. The maximum atomic E-state index is 4.59. The van der Waals surface area contributed by atoms with Crippen molar-refractivity contribution in [2.24, 2.45) is 13.0 Å². The Morgan fingerprint density at radius 1 is 1.10 bits per heavy atom. The van der Waals surface area contributed by atoms with Crippen LogP contribution in [-0.2, 0) is 13.6 Å². The lowest BCUT2D eigenvalue weighted by Crippen LogP contribution is -2.00. The zero-order chi connectivity index (χ0) is 14.8. The van der Waals surface area contributed by atoms with Gasteiger partial charge in [0.1, 0.15) is 5.69 Å². The molecule has 0 amide bonds. The zero-order valence-electron chi connectivity index (χ0n) is 12.7. The summed E-state index contributed by atoms with van der Waals surface area (Å²) in [5.41, 5.74) is 4.15. The topological polar surface area (TPSA) is 35.6 Å². The molecule has 2 heterocycles. The Bertz CT molecular complexity index is 722. The molecular formula is C17H20N4. The number of benzene rings is 1. The largest absolute Gasteiger partial charge is 0.337 e. The number of nitrogens with zero attached hydrogens (tertiary/aromatic N) is 4. The molecule has 1 aromatic carbocycles. The summed E-state index contributed by atoms with van der Waals surface area (Å²) in [4.78, 5) is 4.55. The second-order valence-electron chi connectivity index (χ2n) is 5.78. The van der Waals surface area contributed by atoms with Crippen LogP contribution in [0.1, 0.15) is 13.8 Å². The summed E-state index contributed by atoms with van der Waals surface area (Å²) in [5.74, 6) is 0.606. The molecule has 0 fully saturated rings. The van der Waals surface area contributed by atoms with Crippen molar-refractivity contribution in [3.8, 4) is 22.5 Å². The second kappa shape index (κ2) is 5.56. The Balaban J connectivity index is 2.01. The number of hydrogen-bond acceptors (Lipinski definition) is 2. The molecule has 108 valence electrons. The van der Waals surface area contributed by atoms with Crippen LogP contribution < -0.4 is 0 Å². The summed E-state index contributed by atoms with van der Waals surface area (Å²) in [5, 5.41) is 4.59. The molecule has 0 radical (unpaired) electrons. The fraction of sp³-hybridized carbons (Fsp3) is 0.294. The first-order chi connectivity index (χ1) is 10.1. The van der Waals surface area contributed by atoms with Crippen molar-refractivity contribution in [2.75, 3.05) is 0 Å². The van der Waals surface area contributed by atoms with Gasteiger partial charge < -0.3 is 4.57 Å². The van der Waals surface area contributed by atoms with Crippen molar-refractivity contribution in [3.63, 3.8) is 0 Å². The van der Waals surface area contributed by atoms with E-state index in [1.807, 2.05) is 42.5 Å². The van der Waals surface area contributed by atoms with Gasteiger partial charge in [-0.05, 0) is 5.92 Å². The normalized spacial score (nSPS) is 11.2. The highest BCUT2D eigenvalue weighted by Crippen LogP contribution is 2.29. The molecule has 0 aliphatic carbocycles. The number of aromatic nitrogens is 4. The first-order valence-corrected chi connectivity index (χ1v) is 7.24. The predicted molar refractivity (Wildman–Crippen MR) is 84.7 cm³/mol. The van der Waals surface area contributed by atoms with Gasteiger partial charge in [0, 0.05) is 37.1 Å². The van der Waals surface area contributed by atoms with Gasteiger partial charge in [0.25, 0.3) is 0 Å². The minimum Gasteiger partial charge on any atom is -0.337 e. The van der Waals surface area contributed by atoms with Crippen molar-refractivity contribution in [1.29, 1.82) is 0 Å². The molecule has 0 saturated heterocycles. The minimum absolute atomic E-state index is 0.606. The van der Waals surface area contributed by atoms with E-state index in [1.165, 1.54) is 0 Å². The summed E-state index contributed by atoms with van der Waals surface area (Å²) in [6, 6.07) is 10.2. The van der Waals surface area contributed by atoms with Gasteiger partial charge in [-0.15, -0.1) is 0 Å². The van der Waals surface area contributed by atoms with Crippen molar-refractivity contribution in [2.45, 2.75) is 20.4 Å². The van der Waals surface area contributed by atoms with Crippen LogP contribution in [0, 0.1) is 5.92 Å². The van der Waals surface area contributed by atoms with Crippen LogP contribution in [0.5, 0.6) is 0 Å². The average Bonchev–Trinajstić information content (AvgIpc) is 3.05. The maximum Gasteiger partial charge on any atom is 0.102 e. The third-order valence-corrected chi connectivity index (χ3v) is 3.36. The summed E-state index contributed by atoms with van der Waals surface area (Å²) in [7, 11) is 1.95. The van der Waals surface area contributed by atoms with Crippen LogP contribution in [0.3, 0.4) is 0 Å². The number of hydrogen-bond donors (Lipinski definition) is 0. The highest BCUT2D eigenvalue weighted by atomic mass is 15.3. The lowest BCUT2D eigenvalue weighted by atomic mass is 10.1. The van der Waals surface area contributed by atoms with Crippen LogP contribution in [-0.4, -0.2) is 19.3 Å². The number of rotatable bonds is 4. The lowest BCUT2D eigenvalue weighted by Gasteiger charge is -2.04. The van der Waals surface area contributed by atoms with E-state index in [0.717, 1.165) is 29.1 Å². The van der Waals surface area contributed by atoms with E-state index in [2.05, 4.69) is 46.8 Å². The van der Waals surface area contributed by atoms with Gasteiger partial charge in [-0.25, -0.2) is 4.98 Å². The maximum absolute atomic E-state index is 4.59. The first-order valence-electron chi connectivity index (χ1n) is 7.24. The molecule has 0 bridgehead atoms. The molecule has 3 aromatic rings. The zero-order valence-corrected chi connectivity index (χ0v) is 12.7. The molecule has 4 nitrogen and oxygen atoms in total. The molecule has 0 aliphatic rings. The molecule has 21 heavy (non-hydrogen) atoms. The van der Waals surface area contributed by atoms with Gasteiger partial charge in [0.2, 0.25) is 0 Å². The second-order valence-corrected chi connectivity index (χ2v) is 5.78. The van der Waals surface area contributed by atoms with Gasteiger partial charge in [-0.3, -0.25) is 4.68 Å². The van der Waals surface area contributed by atoms with Crippen LogP contribution >= 0.6 is 0 Å². The van der Waals surface area contributed by atoms with E-state index in [-0.39, 0.29) is 0 Å². The Kier molecular flexibility index (Phi) is 3.60. The molecule has 0 unspecified atom stereocenters. The van der Waals surface area contributed by atoms with Gasteiger partial charge >= 0.3 is 0 Å². The summed E-state index contributed by atoms with van der Waals surface area (Å²) in [6.45, 7) is 5.40. The Morgan fingerprint density at radius 2 is 1.86 bits per heavy atom. The van der Waals surface area contributed by atoms with Gasteiger partial charge in [-0.2, -0.15) is 5.10 Å². The Labute approximate surface area is 125 Å². The van der Waals surface area contributed by atoms with Crippen molar-refractivity contribution in [1.82, 2.24) is 19.3 Å². The van der Waals surface area contributed by atoms with Crippen molar-refractivity contribution >= 4 is 0 Å².